The summed E-state index contributed by atoms with van der Waals surface area (Å²) in [6, 6.07) is 0. The van der Waals surface area contributed by atoms with Crippen LogP contribution in [-0.4, -0.2) is 47.9 Å². The Bertz CT molecular complexity index is 431. The minimum atomic E-state index is -0.963. The summed E-state index contributed by atoms with van der Waals surface area (Å²) in [5, 5.41) is 11.9. The first-order chi connectivity index (χ1) is 9.82. The van der Waals surface area contributed by atoms with Gasteiger partial charge in [-0.3, -0.25) is 14.4 Å². The summed E-state index contributed by atoms with van der Waals surface area (Å²) in [6.45, 7) is 4.49. The maximum atomic E-state index is 12.3. The Morgan fingerprint density at radius 3 is 2.33 bits per heavy atom. The Hall–Kier alpha value is -1.85. The van der Waals surface area contributed by atoms with Crippen LogP contribution in [0.25, 0.3) is 0 Å². The van der Waals surface area contributed by atoms with E-state index in [0.717, 1.165) is 0 Å². The van der Waals surface area contributed by atoms with Crippen LogP contribution < -0.4 is 5.32 Å². The first-order valence-corrected chi connectivity index (χ1v) is 7.22. The first kappa shape index (κ1) is 17.2. The van der Waals surface area contributed by atoms with Crippen LogP contribution in [-0.2, 0) is 14.4 Å². The lowest BCUT2D eigenvalue weighted by molar-refractivity contribution is -0.150. The van der Waals surface area contributed by atoms with Crippen molar-refractivity contribution in [1.29, 1.82) is 0 Å². The molecule has 0 radical (unpaired) electrons. The Morgan fingerprint density at radius 1 is 1.24 bits per heavy atom. The third kappa shape index (κ3) is 5.21. The van der Waals surface area contributed by atoms with Gasteiger partial charge in [-0.05, 0) is 18.8 Å². The van der Waals surface area contributed by atoms with Gasteiger partial charge in [0.25, 0.3) is 0 Å². The van der Waals surface area contributed by atoms with E-state index in [1.807, 2.05) is 19.9 Å². The number of carbonyl (C=O) groups excluding carboxylic acids is 2. The van der Waals surface area contributed by atoms with Crippen LogP contribution in [0.2, 0.25) is 0 Å². The molecule has 0 bridgehead atoms. The van der Waals surface area contributed by atoms with E-state index in [1.54, 1.807) is 6.08 Å². The van der Waals surface area contributed by atoms with Crippen LogP contribution in [0.3, 0.4) is 0 Å². The molecule has 6 nitrogen and oxygen atoms in total. The molecule has 21 heavy (non-hydrogen) atoms. The molecule has 6 heteroatoms. The van der Waals surface area contributed by atoms with Crippen molar-refractivity contribution in [3.8, 4) is 0 Å². The van der Waals surface area contributed by atoms with Gasteiger partial charge in [0.15, 0.2) is 0 Å². The molecular formula is C15H24N2O4. The fourth-order valence-corrected chi connectivity index (χ4v) is 2.31. The Kier molecular flexibility index (Phi) is 6.39. The maximum absolute atomic E-state index is 12.3. The minimum absolute atomic E-state index is 0.0435. The zero-order chi connectivity index (χ0) is 16.0. The molecule has 2 atom stereocenters. The van der Waals surface area contributed by atoms with Gasteiger partial charge in [0, 0.05) is 13.6 Å². The highest BCUT2D eigenvalue weighted by Gasteiger charge is 2.35. The van der Waals surface area contributed by atoms with E-state index >= 15 is 0 Å². The smallest absolute Gasteiger partial charge is 0.307 e. The average molecular weight is 296 g/mol. The summed E-state index contributed by atoms with van der Waals surface area (Å²) in [5.74, 6) is -2.42. The van der Waals surface area contributed by atoms with Crippen LogP contribution in [0.4, 0.5) is 0 Å². The Balaban J connectivity index is 2.58. The lowest BCUT2D eigenvalue weighted by atomic mass is 9.82. The number of carboxylic acids is 1. The van der Waals surface area contributed by atoms with Gasteiger partial charge in [0.2, 0.25) is 11.8 Å². The molecule has 1 aliphatic rings. The topological polar surface area (TPSA) is 86.7 Å². The van der Waals surface area contributed by atoms with Crippen molar-refractivity contribution in [2.24, 2.45) is 17.8 Å². The second-order valence-corrected chi connectivity index (χ2v) is 5.89. The molecule has 0 aliphatic heterocycles. The number of likely N-dealkylation sites (N-methyl/N-ethyl adjacent to an activating group) is 1. The molecule has 2 amide bonds. The molecule has 0 unspecified atom stereocenters. The number of nitrogens with one attached hydrogen (secondary N) is 1. The van der Waals surface area contributed by atoms with Crippen LogP contribution in [0.15, 0.2) is 12.2 Å². The predicted octanol–water partition coefficient (Wildman–Crippen LogP) is 0.884. The fraction of sp³-hybridized carbons (Fsp3) is 0.667. The van der Waals surface area contributed by atoms with Crippen molar-refractivity contribution in [3.05, 3.63) is 12.2 Å². The average Bonchev–Trinajstić information content (AvgIpc) is 2.44. The molecule has 118 valence electrons. The van der Waals surface area contributed by atoms with Crippen molar-refractivity contribution in [2.75, 3.05) is 20.1 Å². The van der Waals surface area contributed by atoms with E-state index in [9.17, 15) is 19.5 Å². The van der Waals surface area contributed by atoms with E-state index < -0.39 is 17.8 Å². The molecule has 0 heterocycles. The molecular weight excluding hydrogens is 272 g/mol. The van der Waals surface area contributed by atoms with Gasteiger partial charge < -0.3 is 15.3 Å². The second-order valence-electron chi connectivity index (χ2n) is 5.89. The lowest BCUT2D eigenvalue weighted by Gasteiger charge is -2.28. The summed E-state index contributed by atoms with van der Waals surface area (Å²) in [7, 11) is 1.54. The molecule has 0 aromatic heterocycles. The van der Waals surface area contributed by atoms with Gasteiger partial charge in [-0.25, -0.2) is 0 Å². The maximum Gasteiger partial charge on any atom is 0.307 e. The summed E-state index contributed by atoms with van der Waals surface area (Å²) in [4.78, 5) is 36.6. The molecule has 0 saturated heterocycles. The van der Waals surface area contributed by atoms with Gasteiger partial charge in [-0.15, -0.1) is 0 Å². The third-order valence-electron chi connectivity index (χ3n) is 3.53. The van der Waals surface area contributed by atoms with E-state index in [-0.39, 0.29) is 18.4 Å². The molecule has 0 aromatic rings. The highest BCUT2D eigenvalue weighted by molar-refractivity contribution is 5.88. The van der Waals surface area contributed by atoms with Crippen molar-refractivity contribution in [3.63, 3.8) is 0 Å². The molecule has 0 saturated carbocycles. The number of carbonyl (C=O) groups is 3. The van der Waals surface area contributed by atoms with Gasteiger partial charge in [-0.2, -0.15) is 0 Å². The Morgan fingerprint density at radius 2 is 1.81 bits per heavy atom. The van der Waals surface area contributed by atoms with Crippen molar-refractivity contribution in [1.82, 2.24) is 10.2 Å². The largest absolute Gasteiger partial charge is 0.481 e. The van der Waals surface area contributed by atoms with Crippen molar-refractivity contribution < 1.29 is 19.5 Å². The quantitative estimate of drug-likeness (QED) is 0.713. The first-order valence-electron chi connectivity index (χ1n) is 7.22. The van der Waals surface area contributed by atoms with Crippen molar-refractivity contribution >= 4 is 17.8 Å². The van der Waals surface area contributed by atoms with Crippen LogP contribution in [0, 0.1) is 17.8 Å². The SMILES string of the molecule is CC(C)CNC(=O)CN(C)C(=O)[C@@H]1CC=CC[C@@H]1C(=O)O. The van der Waals surface area contributed by atoms with E-state index in [2.05, 4.69) is 5.32 Å². The lowest BCUT2D eigenvalue weighted by Crippen LogP contribution is -2.44. The van der Waals surface area contributed by atoms with Crippen LogP contribution >= 0.6 is 0 Å². The Labute approximate surface area is 125 Å². The van der Waals surface area contributed by atoms with Crippen LogP contribution in [0.5, 0.6) is 0 Å². The van der Waals surface area contributed by atoms with Gasteiger partial charge in [0.05, 0.1) is 18.4 Å². The molecule has 1 aliphatic carbocycles. The molecule has 1 rings (SSSR count). The number of carboxylic acid groups (broad SMARTS) is 1. The summed E-state index contributed by atoms with van der Waals surface area (Å²) in [6.07, 6.45) is 4.39. The van der Waals surface area contributed by atoms with Gasteiger partial charge >= 0.3 is 5.97 Å². The number of amides is 2. The number of hydrogen-bond donors (Lipinski definition) is 2. The van der Waals surface area contributed by atoms with Gasteiger partial charge in [-0.1, -0.05) is 26.0 Å². The predicted molar refractivity (Wildman–Crippen MR) is 78.5 cm³/mol. The van der Waals surface area contributed by atoms with E-state index in [1.165, 1.54) is 11.9 Å². The number of aliphatic carboxylic acids is 1. The standard InChI is InChI=1S/C15H24N2O4/c1-10(2)8-16-13(18)9-17(3)14(19)11-6-4-5-7-12(11)15(20)21/h4-5,10-12H,6-9H2,1-3H3,(H,16,18)(H,20,21)/t11-,12+/m1/s1. The molecule has 0 aromatic carbocycles. The zero-order valence-electron chi connectivity index (χ0n) is 12.8. The number of nitrogens with zero attached hydrogens (tertiary/aromatic N) is 1. The summed E-state index contributed by atoms with van der Waals surface area (Å²) < 4.78 is 0. The summed E-state index contributed by atoms with van der Waals surface area (Å²) in [5.41, 5.74) is 0. The van der Waals surface area contributed by atoms with Crippen LogP contribution in [0.1, 0.15) is 26.7 Å². The van der Waals surface area contributed by atoms with E-state index in [4.69, 9.17) is 0 Å². The highest BCUT2D eigenvalue weighted by Crippen LogP contribution is 2.27. The monoisotopic (exact) mass is 296 g/mol. The number of allylic oxidation sites excluding steroid dienone is 2. The summed E-state index contributed by atoms with van der Waals surface area (Å²) >= 11 is 0. The van der Waals surface area contributed by atoms with E-state index in [0.29, 0.717) is 25.3 Å². The highest BCUT2D eigenvalue weighted by atomic mass is 16.4. The normalized spacial score (nSPS) is 21.1. The third-order valence-corrected chi connectivity index (χ3v) is 3.53. The van der Waals surface area contributed by atoms with Gasteiger partial charge in [0.1, 0.15) is 0 Å². The fourth-order valence-electron chi connectivity index (χ4n) is 2.31. The molecule has 0 fully saturated rings. The molecule has 0 spiro atoms. The number of rotatable bonds is 6. The second kappa shape index (κ2) is 7.81. The minimum Gasteiger partial charge on any atom is -0.481 e. The number of hydrogen-bond acceptors (Lipinski definition) is 3. The zero-order valence-corrected chi connectivity index (χ0v) is 12.8. The van der Waals surface area contributed by atoms with Crippen molar-refractivity contribution in [2.45, 2.75) is 26.7 Å². The molecule has 2 N–H and O–H groups in total.